The molecule has 2 fully saturated rings. The summed E-state index contributed by atoms with van der Waals surface area (Å²) in [5.74, 6) is 0.790. The van der Waals surface area contributed by atoms with E-state index in [1.165, 1.54) is 0 Å². The van der Waals surface area contributed by atoms with Crippen molar-refractivity contribution in [1.29, 1.82) is 0 Å². The minimum Gasteiger partial charge on any atom is -0.481 e. The summed E-state index contributed by atoms with van der Waals surface area (Å²) in [6, 6.07) is -0.0754. The number of amides is 1. The van der Waals surface area contributed by atoms with E-state index in [1.54, 1.807) is 11.8 Å². The molecule has 0 saturated carbocycles. The van der Waals surface area contributed by atoms with E-state index in [0.29, 0.717) is 19.5 Å². The average Bonchev–Trinajstić information content (AvgIpc) is 2.80. The highest BCUT2D eigenvalue weighted by Crippen LogP contribution is 2.24. The number of carbonyl (C=O) groups excluding carboxylic acids is 1. The largest absolute Gasteiger partial charge is 0.481 e. The van der Waals surface area contributed by atoms with Crippen LogP contribution in [-0.2, 0) is 9.59 Å². The van der Waals surface area contributed by atoms with Crippen molar-refractivity contribution in [3.8, 4) is 0 Å². The van der Waals surface area contributed by atoms with Crippen molar-refractivity contribution in [1.82, 2.24) is 10.2 Å². The number of carboxylic acids is 1. The Morgan fingerprint density at radius 3 is 2.76 bits per heavy atom. The van der Waals surface area contributed by atoms with Crippen LogP contribution in [0.15, 0.2) is 0 Å². The zero-order chi connectivity index (χ0) is 12.4. The van der Waals surface area contributed by atoms with E-state index < -0.39 is 5.97 Å². The molecular weight excluding hydrogens is 240 g/mol. The molecule has 2 aliphatic rings. The molecule has 96 valence electrons. The summed E-state index contributed by atoms with van der Waals surface area (Å²) in [6.07, 6.45) is 0.572. The Balaban J connectivity index is 1.92. The van der Waals surface area contributed by atoms with Gasteiger partial charge in [-0.1, -0.05) is 6.92 Å². The molecule has 0 aliphatic carbocycles. The van der Waals surface area contributed by atoms with Gasteiger partial charge >= 0.3 is 5.97 Å². The third kappa shape index (κ3) is 2.74. The lowest BCUT2D eigenvalue weighted by Gasteiger charge is -2.36. The highest BCUT2D eigenvalue weighted by molar-refractivity contribution is 7.99. The first kappa shape index (κ1) is 12.7. The second kappa shape index (κ2) is 5.27. The number of likely N-dealkylation sites (tertiary alicyclic amines) is 1. The van der Waals surface area contributed by atoms with E-state index in [0.717, 1.165) is 11.6 Å². The van der Waals surface area contributed by atoms with Crippen LogP contribution in [0.3, 0.4) is 0 Å². The number of carboxylic acid groups (broad SMARTS) is 1. The van der Waals surface area contributed by atoms with Gasteiger partial charge in [0.15, 0.2) is 0 Å². The van der Waals surface area contributed by atoms with E-state index in [1.807, 2.05) is 11.8 Å². The van der Waals surface area contributed by atoms with Crippen LogP contribution >= 0.6 is 11.8 Å². The zero-order valence-electron chi connectivity index (χ0n) is 9.89. The van der Waals surface area contributed by atoms with Crippen LogP contribution in [0.1, 0.15) is 13.3 Å². The molecule has 0 aromatic heterocycles. The second-order valence-corrected chi connectivity index (χ2v) is 5.80. The summed E-state index contributed by atoms with van der Waals surface area (Å²) in [6.45, 7) is 3.05. The van der Waals surface area contributed by atoms with Gasteiger partial charge in [0.2, 0.25) is 5.91 Å². The summed E-state index contributed by atoms with van der Waals surface area (Å²) in [7, 11) is 0. The normalized spacial score (nSPS) is 33.7. The Morgan fingerprint density at radius 1 is 1.47 bits per heavy atom. The van der Waals surface area contributed by atoms with Gasteiger partial charge in [-0.15, -0.1) is 11.8 Å². The Hall–Kier alpha value is -0.750. The molecular formula is C11H18N2O3S. The molecule has 2 aliphatic heterocycles. The predicted octanol–water partition coefficient (Wildman–Crippen LogP) is 0.218. The molecule has 6 heteroatoms. The number of carbonyl (C=O) groups is 2. The standard InChI is InChI=1S/C11H18N2O3S/c1-7-4-13(3-2-8(7)11(15)16)10(14)9-5-17-6-12-9/h7-9,12H,2-6H2,1H3,(H,15,16). The summed E-state index contributed by atoms with van der Waals surface area (Å²) in [5, 5.41) is 12.2. The molecule has 2 N–H and O–H groups in total. The summed E-state index contributed by atoms with van der Waals surface area (Å²) in [5.41, 5.74) is 0. The molecule has 3 atom stereocenters. The van der Waals surface area contributed by atoms with Crippen molar-refractivity contribution in [2.45, 2.75) is 19.4 Å². The summed E-state index contributed by atoms with van der Waals surface area (Å²) < 4.78 is 0. The van der Waals surface area contributed by atoms with Gasteiger partial charge in [-0.25, -0.2) is 0 Å². The van der Waals surface area contributed by atoms with Crippen LogP contribution in [0, 0.1) is 11.8 Å². The maximum Gasteiger partial charge on any atom is 0.306 e. The van der Waals surface area contributed by atoms with Crippen molar-refractivity contribution in [3.63, 3.8) is 0 Å². The molecule has 2 rings (SSSR count). The maximum atomic E-state index is 12.1. The van der Waals surface area contributed by atoms with Crippen molar-refractivity contribution in [2.75, 3.05) is 24.7 Å². The van der Waals surface area contributed by atoms with Crippen molar-refractivity contribution < 1.29 is 14.7 Å². The minimum absolute atomic E-state index is 0.0410. The molecule has 0 aromatic rings. The van der Waals surface area contributed by atoms with Gasteiger partial charge in [0.05, 0.1) is 12.0 Å². The number of aliphatic carboxylic acids is 1. The lowest BCUT2D eigenvalue weighted by atomic mass is 9.87. The van der Waals surface area contributed by atoms with Gasteiger partial charge in [-0.2, -0.15) is 0 Å². The Morgan fingerprint density at radius 2 is 2.24 bits per heavy atom. The first-order chi connectivity index (χ1) is 8.09. The van der Waals surface area contributed by atoms with Crippen LogP contribution in [-0.4, -0.2) is 52.6 Å². The molecule has 17 heavy (non-hydrogen) atoms. The summed E-state index contributed by atoms with van der Waals surface area (Å²) in [4.78, 5) is 24.9. The topological polar surface area (TPSA) is 69.6 Å². The monoisotopic (exact) mass is 258 g/mol. The SMILES string of the molecule is CC1CN(C(=O)C2CSCN2)CCC1C(=O)O. The van der Waals surface area contributed by atoms with E-state index in [2.05, 4.69) is 5.32 Å². The molecule has 1 amide bonds. The van der Waals surface area contributed by atoms with Crippen LogP contribution in [0.5, 0.6) is 0 Å². The first-order valence-corrected chi connectivity index (χ1v) is 7.07. The van der Waals surface area contributed by atoms with Gasteiger partial charge in [0.1, 0.15) is 0 Å². The molecule has 0 spiro atoms. The van der Waals surface area contributed by atoms with E-state index in [-0.39, 0.29) is 23.8 Å². The van der Waals surface area contributed by atoms with E-state index in [4.69, 9.17) is 5.11 Å². The third-order valence-corrected chi connectivity index (χ3v) is 4.49. The number of hydrogen-bond acceptors (Lipinski definition) is 4. The summed E-state index contributed by atoms with van der Waals surface area (Å²) >= 11 is 1.73. The highest BCUT2D eigenvalue weighted by Gasteiger charge is 2.35. The fourth-order valence-corrected chi connectivity index (χ4v) is 3.42. The zero-order valence-corrected chi connectivity index (χ0v) is 10.7. The van der Waals surface area contributed by atoms with Gasteiger partial charge in [0.25, 0.3) is 0 Å². The molecule has 0 radical (unpaired) electrons. The van der Waals surface area contributed by atoms with Crippen molar-refractivity contribution in [2.24, 2.45) is 11.8 Å². The lowest BCUT2D eigenvalue weighted by molar-refractivity contribution is -0.148. The number of rotatable bonds is 2. The molecule has 0 bridgehead atoms. The van der Waals surface area contributed by atoms with Crippen LogP contribution < -0.4 is 5.32 Å². The van der Waals surface area contributed by atoms with E-state index >= 15 is 0 Å². The fraction of sp³-hybridized carbons (Fsp3) is 0.818. The predicted molar refractivity (Wildman–Crippen MR) is 65.7 cm³/mol. The second-order valence-electron chi connectivity index (χ2n) is 4.77. The van der Waals surface area contributed by atoms with Crippen LogP contribution in [0.2, 0.25) is 0 Å². The average molecular weight is 258 g/mol. The quantitative estimate of drug-likeness (QED) is 0.741. The fourth-order valence-electron chi connectivity index (χ4n) is 2.49. The Kier molecular flexibility index (Phi) is 3.93. The van der Waals surface area contributed by atoms with Crippen molar-refractivity contribution >= 4 is 23.6 Å². The van der Waals surface area contributed by atoms with Gasteiger partial charge in [-0.05, 0) is 12.3 Å². The smallest absolute Gasteiger partial charge is 0.306 e. The van der Waals surface area contributed by atoms with Crippen molar-refractivity contribution in [3.05, 3.63) is 0 Å². The number of thioether (sulfide) groups is 1. The first-order valence-electron chi connectivity index (χ1n) is 5.92. The number of piperidine rings is 1. The third-order valence-electron chi connectivity index (χ3n) is 3.55. The number of nitrogens with one attached hydrogen (secondary N) is 1. The maximum absolute atomic E-state index is 12.1. The highest BCUT2D eigenvalue weighted by atomic mass is 32.2. The molecule has 3 unspecified atom stereocenters. The van der Waals surface area contributed by atoms with Gasteiger partial charge in [0, 0.05) is 24.7 Å². The van der Waals surface area contributed by atoms with E-state index in [9.17, 15) is 9.59 Å². The molecule has 2 saturated heterocycles. The number of nitrogens with zero attached hydrogens (tertiary/aromatic N) is 1. The van der Waals surface area contributed by atoms with Crippen LogP contribution in [0.25, 0.3) is 0 Å². The molecule has 5 nitrogen and oxygen atoms in total. The number of hydrogen-bond donors (Lipinski definition) is 2. The molecule has 0 aromatic carbocycles. The molecule has 2 heterocycles. The lowest BCUT2D eigenvalue weighted by Crippen LogP contribution is -2.51. The van der Waals surface area contributed by atoms with Gasteiger partial charge < -0.3 is 10.0 Å². The van der Waals surface area contributed by atoms with Crippen LogP contribution in [0.4, 0.5) is 0 Å². The minimum atomic E-state index is -0.737. The van der Waals surface area contributed by atoms with Gasteiger partial charge in [-0.3, -0.25) is 14.9 Å². The Bertz CT molecular complexity index is 318. The Labute approximate surface area is 105 Å².